The van der Waals surface area contributed by atoms with Crippen LogP contribution in [0, 0.1) is 0 Å². The molecule has 0 fully saturated rings. The molecule has 1 rings (SSSR count). The van der Waals surface area contributed by atoms with Crippen LogP contribution in [0.2, 0.25) is 0 Å². The quantitative estimate of drug-likeness (QED) is 0.778. The van der Waals surface area contributed by atoms with Crippen molar-refractivity contribution in [3.05, 3.63) is 17.7 Å². The molecule has 1 aromatic heterocycles. The van der Waals surface area contributed by atoms with E-state index in [1.54, 1.807) is 13.3 Å². The molecule has 0 spiro atoms. The lowest BCUT2D eigenvalue weighted by atomic mass is 10.1. The average Bonchev–Trinajstić information content (AvgIpc) is 2.36. The van der Waals surface area contributed by atoms with Crippen molar-refractivity contribution in [1.82, 2.24) is 15.3 Å². The van der Waals surface area contributed by atoms with E-state index >= 15 is 0 Å². The van der Waals surface area contributed by atoms with E-state index in [9.17, 15) is 0 Å². The lowest BCUT2D eigenvalue weighted by molar-refractivity contribution is 0.145. The van der Waals surface area contributed by atoms with Crippen molar-refractivity contribution in [3.63, 3.8) is 0 Å². The molecule has 0 atom stereocenters. The number of aromatic nitrogens is 2. The van der Waals surface area contributed by atoms with Crippen molar-refractivity contribution in [3.8, 4) is 5.75 Å². The minimum absolute atomic E-state index is 0.0345. The second-order valence-electron chi connectivity index (χ2n) is 6.14. The summed E-state index contributed by atoms with van der Waals surface area (Å²) in [6.07, 6.45) is 1.76. The van der Waals surface area contributed by atoms with Gasteiger partial charge in [0, 0.05) is 25.1 Å². The maximum Gasteiger partial charge on any atom is 0.160 e. The second kappa shape index (κ2) is 7.55. The van der Waals surface area contributed by atoms with Crippen LogP contribution in [0.3, 0.4) is 0 Å². The summed E-state index contributed by atoms with van der Waals surface area (Å²) < 4.78 is 10.7. The smallest absolute Gasteiger partial charge is 0.160 e. The zero-order valence-electron chi connectivity index (χ0n) is 13.5. The lowest BCUT2D eigenvalue weighted by Gasteiger charge is -2.21. The molecule has 0 aliphatic carbocycles. The maximum atomic E-state index is 5.69. The summed E-state index contributed by atoms with van der Waals surface area (Å²) in [5, 5.41) is 3.43. The lowest BCUT2D eigenvalue weighted by Crippen LogP contribution is -2.35. The van der Waals surface area contributed by atoms with Gasteiger partial charge in [-0.25, -0.2) is 9.97 Å². The van der Waals surface area contributed by atoms with Crippen LogP contribution in [0.15, 0.2) is 6.20 Å². The molecular formula is C15H27N3O2. The van der Waals surface area contributed by atoms with Crippen molar-refractivity contribution in [2.45, 2.75) is 52.6 Å². The van der Waals surface area contributed by atoms with Gasteiger partial charge in [-0.2, -0.15) is 0 Å². The van der Waals surface area contributed by atoms with Crippen LogP contribution >= 0.6 is 0 Å². The van der Waals surface area contributed by atoms with Crippen molar-refractivity contribution in [1.29, 1.82) is 0 Å². The molecule has 20 heavy (non-hydrogen) atoms. The van der Waals surface area contributed by atoms with Crippen molar-refractivity contribution < 1.29 is 9.47 Å². The molecule has 0 amide bonds. The normalized spacial score (nSPS) is 11.9. The monoisotopic (exact) mass is 281 g/mol. The minimum atomic E-state index is 0.0345. The van der Waals surface area contributed by atoms with Gasteiger partial charge in [-0.3, -0.25) is 0 Å². The van der Waals surface area contributed by atoms with Gasteiger partial charge in [0.25, 0.3) is 0 Å². The van der Waals surface area contributed by atoms with Crippen LogP contribution in [0.4, 0.5) is 0 Å². The summed E-state index contributed by atoms with van der Waals surface area (Å²) >= 11 is 0. The molecule has 5 heteroatoms. The Balaban J connectivity index is 2.85. The summed E-state index contributed by atoms with van der Waals surface area (Å²) in [6, 6.07) is 0. The van der Waals surface area contributed by atoms with E-state index in [2.05, 4.69) is 49.9 Å². The predicted octanol–water partition coefficient (Wildman–Crippen LogP) is 2.51. The van der Waals surface area contributed by atoms with E-state index in [4.69, 9.17) is 9.47 Å². The fourth-order valence-electron chi connectivity index (χ4n) is 1.53. The molecular weight excluding hydrogens is 254 g/mol. The fraction of sp³-hybridized carbons (Fsp3) is 0.733. The van der Waals surface area contributed by atoms with Crippen LogP contribution in [-0.4, -0.2) is 35.8 Å². The number of hydrogen-bond acceptors (Lipinski definition) is 5. The highest BCUT2D eigenvalue weighted by molar-refractivity contribution is 5.25. The van der Waals surface area contributed by atoms with Gasteiger partial charge < -0.3 is 14.8 Å². The number of hydrogen-bond donors (Lipinski definition) is 1. The maximum absolute atomic E-state index is 5.69. The van der Waals surface area contributed by atoms with Crippen molar-refractivity contribution in [2.75, 3.05) is 20.3 Å². The number of methoxy groups -OCH3 is 1. The molecule has 5 nitrogen and oxygen atoms in total. The first kappa shape index (κ1) is 16.9. The van der Waals surface area contributed by atoms with Gasteiger partial charge in [0.2, 0.25) is 0 Å². The third kappa shape index (κ3) is 5.84. The molecule has 0 saturated heterocycles. The van der Waals surface area contributed by atoms with Crippen LogP contribution in [0.1, 0.15) is 52.1 Å². The fourth-order valence-corrected chi connectivity index (χ4v) is 1.53. The van der Waals surface area contributed by atoms with Crippen molar-refractivity contribution >= 4 is 0 Å². The Bertz CT molecular complexity index is 414. The van der Waals surface area contributed by atoms with E-state index in [1.165, 1.54) is 0 Å². The largest absolute Gasteiger partial charge is 0.488 e. The molecule has 0 aliphatic rings. The first-order valence-electron chi connectivity index (χ1n) is 7.06. The Kier molecular flexibility index (Phi) is 6.36. The summed E-state index contributed by atoms with van der Waals surface area (Å²) in [7, 11) is 1.66. The Labute approximate surface area is 122 Å². The van der Waals surface area contributed by atoms with Crippen LogP contribution in [0.25, 0.3) is 0 Å². The van der Waals surface area contributed by atoms with Gasteiger partial charge in [-0.15, -0.1) is 0 Å². The molecule has 0 radical (unpaired) electrons. The Hall–Kier alpha value is -1.20. The molecule has 1 heterocycles. The number of nitrogens with zero attached hydrogens (tertiary/aromatic N) is 2. The van der Waals surface area contributed by atoms with Crippen LogP contribution < -0.4 is 10.1 Å². The zero-order valence-corrected chi connectivity index (χ0v) is 13.5. The second-order valence-corrected chi connectivity index (χ2v) is 6.14. The Morgan fingerprint density at radius 1 is 1.25 bits per heavy atom. The molecule has 114 valence electrons. The topological polar surface area (TPSA) is 56.3 Å². The number of ether oxygens (including phenoxy) is 2. The van der Waals surface area contributed by atoms with Gasteiger partial charge >= 0.3 is 0 Å². The van der Waals surface area contributed by atoms with Gasteiger partial charge in [-0.05, 0) is 20.8 Å². The summed E-state index contributed by atoms with van der Waals surface area (Å²) in [6.45, 7) is 12.3. The van der Waals surface area contributed by atoms with Crippen molar-refractivity contribution in [2.24, 2.45) is 0 Å². The summed E-state index contributed by atoms with van der Waals surface area (Å²) in [4.78, 5) is 8.97. The molecule has 0 bridgehead atoms. The van der Waals surface area contributed by atoms with Crippen LogP contribution in [0.5, 0.6) is 5.75 Å². The van der Waals surface area contributed by atoms with E-state index in [0.717, 1.165) is 17.3 Å². The highest BCUT2D eigenvalue weighted by Crippen LogP contribution is 2.19. The molecule has 1 N–H and O–H groups in total. The standard InChI is InChI=1S/C15H27N3O2/c1-11(2)14-16-10-13(20-8-7-19-6)12(18-14)9-17-15(3,4)5/h10-11,17H,7-9H2,1-6H3. The van der Waals surface area contributed by atoms with Gasteiger partial charge in [0.1, 0.15) is 12.4 Å². The summed E-state index contributed by atoms with van der Waals surface area (Å²) in [5.74, 6) is 1.87. The van der Waals surface area contributed by atoms with Gasteiger partial charge in [-0.1, -0.05) is 13.8 Å². The van der Waals surface area contributed by atoms with E-state index in [-0.39, 0.29) is 5.54 Å². The van der Waals surface area contributed by atoms with E-state index in [1.807, 2.05) is 0 Å². The molecule has 1 aromatic rings. The number of nitrogens with one attached hydrogen (secondary N) is 1. The molecule has 0 unspecified atom stereocenters. The highest BCUT2D eigenvalue weighted by Gasteiger charge is 2.14. The first-order chi connectivity index (χ1) is 9.33. The Morgan fingerprint density at radius 3 is 2.50 bits per heavy atom. The van der Waals surface area contributed by atoms with Gasteiger partial charge in [0.15, 0.2) is 5.75 Å². The third-order valence-electron chi connectivity index (χ3n) is 2.70. The first-order valence-corrected chi connectivity index (χ1v) is 7.06. The molecule has 0 saturated carbocycles. The predicted molar refractivity (Wildman–Crippen MR) is 80.1 cm³/mol. The van der Waals surface area contributed by atoms with Gasteiger partial charge in [0.05, 0.1) is 18.5 Å². The third-order valence-corrected chi connectivity index (χ3v) is 2.70. The Morgan fingerprint density at radius 2 is 1.95 bits per heavy atom. The molecule has 0 aromatic carbocycles. The number of rotatable bonds is 7. The average molecular weight is 281 g/mol. The van der Waals surface area contributed by atoms with E-state index in [0.29, 0.717) is 25.7 Å². The molecule has 0 aliphatic heterocycles. The van der Waals surface area contributed by atoms with Crippen LogP contribution in [-0.2, 0) is 11.3 Å². The SMILES string of the molecule is COCCOc1cnc(C(C)C)nc1CNC(C)(C)C. The minimum Gasteiger partial charge on any atom is -0.488 e. The zero-order chi connectivity index (χ0) is 15.2. The van der Waals surface area contributed by atoms with E-state index < -0.39 is 0 Å². The summed E-state index contributed by atoms with van der Waals surface area (Å²) in [5.41, 5.74) is 0.932. The highest BCUT2D eigenvalue weighted by atomic mass is 16.5.